The number of anilines is 1. The van der Waals surface area contributed by atoms with Gasteiger partial charge in [-0.3, -0.25) is 4.98 Å². The zero-order chi connectivity index (χ0) is 17.2. The molecule has 5 heteroatoms. The molecule has 1 heterocycles. The van der Waals surface area contributed by atoms with E-state index in [1.54, 1.807) is 0 Å². The van der Waals surface area contributed by atoms with Crippen LogP contribution in [0.5, 0.6) is 0 Å². The number of carbonyl (C=O) groups is 1. The number of aromatic nitrogens is 1. The Labute approximate surface area is 138 Å². The van der Waals surface area contributed by atoms with Crippen molar-refractivity contribution >= 4 is 17.4 Å². The van der Waals surface area contributed by atoms with E-state index in [2.05, 4.69) is 16.4 Å². The molecule has 1 aromatic rings. The van der Waals surface area contributed by atoms with Crippen molar-refractivity contribution in [3.8, 4) is 0 Å². The van der Waals surface area contributed by atoms with E-state index in [1.807, 2.05) is 40.7 Å². The van der Waals surface area contributed by atoms with Gasteiger partial charge in [0.1, 0.15) is 5.60 Å². The van der Waals surface area contributed by atoms with E-state index in [0.717, 1.165) is 47.5 Å². The van der Waals surface area contributed by atoms with Gasteiger partial charge in [0, 0.05) is 11.7 Å². The topological polar surface area (TPSA) is 77.2 Å². The van der Waals surface area contributed by atoms with Gasteiger partial charge < -0.3 is 15.8 Å². The lowest BCUT2D eigenvalue weighted by Gasteiger charge is -2.26. The fraction of sp³-hybridized carbons (Fsp3) is 0.556. The first kappa shape index (κ1) is 17.3. The average molecular weight is 317 g/mol. The molecule has 3 N–H and O–H groups in total. The molecule has 0 bridgehead atoms. The van der Waals surface area contributed by atoms with Gasteiger partial charge in [0.05, 0.1) is 11.4 Å². The molecule has 0 aliphatic heterocycles. The lowest BCUT2D eigenvalue weighted by molar-refractivity contribution is 0.0502. The fourth-order valence-electron chi connectivity index (χ4n) is 2.75. The van der Waals surface area contributed by atoms with Gasteiger partial charge in [-0.15, -0.1) is 0 Å². The molecule has 0 fully saturated rings. The summed E-state index contributed by atoms with van der Waals surface area (Å²) < 4.78 is 5.30. The maximum atomic E-state index is 11.8. The Balaban J connectivity index is 2.03. The van der Waals surface area contributed by atoms with E-state index >= 15 is 0 Å². The number of hydrogen-bond acceptors (Lipinski definition) is 4. The molecule has 1 unspecified atom stereocenters. The number of amides is 1. The number of nitrogen functional groups attached to an aromatic ring is 1. The predicted molar refractivity (Wildman–Crippen MR) is 93.1 cm³/mol. The molecule has 0 radical (unpaired) electrons. The summed E-state index contributed by atoms with van der Waals surface area (Å²) >= 11 is 0. The Morgan fingerprint density at radius 3 is 2.65 bits per heavy atom. The highest BCUT2D eigenvalue weighted by atomic mass is 16.6. The molecule has 23 heavy (non-hydrogen) atoms. The van der Waals surface area contributed by atoms with Crippen molar-refractivity contribution in [2.45, 2.75) is 65.5 Å². The predicted octanol–water partition coefficient (Wildman–Crippen LogP) is 3.74. The summed E-state index contributed by atoms with van der Waals surface area (Å²) in [7, 11) is 0. The molecule has 1 aliphatic carbocycles. The van der Waals surface area contributed by atoms with E-state index in [0.29, 0.717) is 0 Å². The third-order valence-electron chi connectivity index (χ3n) is 3.83. The van der Waals surface area contributed by atoms with Crippen LogP contribution in [0, 0.1) is 13.8 Å². The normalized spacial score (nSPS) is 18.3. The van der Waals surface area contributed by atoms with Crippen LogP contribution in [0.3, 0.4) is 0 Å². The number of hydrogen-bond donors (Lipinski definition) is 2. The minimum Gasteiger partial charge on any atom is -0.444 e. The van der Waals surface area contributed by atoms with Crippen molar-refractivity contribution in [3.63, 3.8) is 0 Å². The van der Waals surface area contributed by atoms with Gasteiger partial charge in [-0.1, -0.05) is 6.08 Å². The van der Waals surface area contributed by atoms with Crippen molar-refractivity contribution in [2.75, 3.05) is 5.73 Å². The number of allylic oxidation sites excluding steroid dienone is 1. The Bertz CT molecular complexity index is 630. The van der Waals surface area contributed by atoms with Gasteiger partial charge in [-0.2, -0.15) is 0 Å². The summed E-state index contributed by atoms with van der Waals surface area (Å²) in [4.78, 5) is 16.4. The van der Waals surface area contributed by atoms with Crippen molar-refractivity contribution < 1.29 is 9.53 Å². The lowest BCUT2D eigenvalue weighted by Crippen LogP contribution is -2.39. The highest BCUT2D eigenvalue weighted by Gasteiger charge is 2.22. The van der Waals surface area contributed by atoms with Crippen LogP contribution < -0.4 is 11.1 Å². The molecule has 1 atom stereocenters. The Kier molecular flexibility index (Phi) is 4.97. The molecule has 1 aromatic heterocycles. The first-order valence-electron chi connectivity index (χ1n) is 8.08. The first-order valence-corrected chi connectivity index (χ1v) is 8.08. The standard InChI is InChI=1S/C18H27N3O2/c1-11-10-12(2)20-16(15(11)19)13-6-8-14(9-7-13)21-17(22)23-18(3,4)5/h6,10,14H,7-9,19H2,1-5H3,(H,21,22). The van der Waals surface area contributed by atoms with E-state index in [1.165, 1.54) is 0 Å². The smallest absolute Gasteiger partial charge is 0.407 e. The third kappa shape index (κ3) is 4.71. The molecule has 0 aromatic carbocycles. The number of alkyl carbamates (subject to hydrolysis) is 1. The average Bonchev–Trinajstić information content (AvgIpc) is 2.41. The third-order valence-corrected chi connectivity index (χ3v) is 3.83. The summed E-state index contributed by atoms with van der Waals surface area (Å²) in [5.41, 5.74) is 10.5. The number of ether oxygens (including phenoxy) is 1. The maximum Gasteiger partial charge on any atom is 0.407 e. The largest absolute Gasteiger partial charge is 0.444 e. The number of aryl methyl sites for hydroxylation is 2. The summed E-state index contributed by atoms with van der Waals surface area (Å²) in [5.74, 6) is 0. The van der Waals surface area contributed by atoms with Gasteiger partial charge in [-0.25, -0.2) is 4.79 Å². The van der Waals surface area contributed by atoms with Gasteiger partial charge in [0.2, 0.25) is 0 Å². The summed E-state index contributed by atoms with van der Waals surface area (Å²) in [6.45, 7) is 9.57. The summed E-state index contributed by atoms with van der Waals surface area (Å²) in [6.07, 6.45) is 4.24. The SMILES string of the molecule is Cc1cc(C)c(N)c(C2=CCC(NC(=O)OC(C)(C)C)CC2)n1. The van der Waals surface area contributed by atoms with Crippen LogP contribution >= 0.6 is 0 Å². The number of nitrogens with two attached hydrogens (primary N) is 1. The van der Waals surface area contributed by atoms with Crippen molar-refractivity contribution in [1.82, 2.24) is 10.3 Å². The number of rotatable bonds is 2. The van der Waals surface area contributed by atoms with Crippen LogP contribution in [-0.2, 0) is 4.74 Å². The Morgan fingerprint density at radius 1 is 1.39 bits per heavy atom. The molecule has 1 amide bonds. The van der Waals surface area contributed by atoms with E-state index < -0.39 is 5.60 Å². The van der Waals surface area contributed by atoms with Crippen LogP contribution in [-0.4, -0.2) is 22.7 Å². The van der Waals surface area contributed by atoms with E-state index in [9.17, 15) is 4.79 Å². The van der Waals surface area contributed by atoms with Crippen molar-refractivity contribution in [3.05, 3.63) is 29.1 Å². The summed E-state index contributed by atoms with van der Waals surface area (Å²) in [6, 6.07) is 2.09. The second-order valence-corrected chi connectivity index (χ2v) is 7.19. The van der Waals surface area contributed by atoms with Gasteiger partial charge >= 0.3 is 6.09 Å². The first-order chi connectivity index (χ1) is 10.7. The van der Waals surface area contributed by atoms with Crippen LogP contribution in [0.15, 0.2) is 12.1 Å². The molecular formula is C18H27N3O2. The molecule has 126 valence electrons. The maximum absolute atomic E-state index is 11.8. The summed E-state index contributed by atoms with van der Waals surface area (Å²) in [5, 5.41) is 2.93. The number of carbonyl (C=O) groups excluding carboxylic acids is 1. The van der Waals surface area contributed by atoms with Crippen LogP contribution in [0.2, 0.25) is 0 Å². The molecule has 2 rings (SSSR count). The van der Waals surface area contributed by atoms with Crippen molar-refractivity contribution in [1.29, 1.82) is 0 Å². The zero-order valence-corrected chi connectivity index (χ0v) is 14.7. The van der Waals surface area contributed by atoms with E-state index in [-0.39, 0.29) is 12.1 Å². The van der Waals surface area contributed by atoms with Crippen molar-refractivity contribution in [2.24, 2.45) is 0 Å². The van der Waals surface area contributed by atoms with Gasteiger partial charge in [0.15, 0.2) is 0 Å². The molecule has 1 aliphatic rings. The molecule has 5 nitrogen and oxygen atoms in total. The quantitative estimate of drug-likeness (QED) is 0.871. The molecule has 0 spiro atoms. The molecule has 0 saturated carbocycles. The zero-order valence-electron chi connectivity index (χ0n) is 14.7. The molecule has 0 saturated heterocycles. The van der Waals surface area contributed by atoms with Gasteiger partial charge in [0.25, 0.3) is 0 Å². The fourth-order valence-corrected chi connectivity index (χ4v) is 2.75. The molecular weight excluding hydrogens is 290 g/mol. The number of nitrogens with zero attached hydrogens (tertiary/aromatic N) is 1. The highest BCUT2D eigenvalue weighted by Crippen LogP contribution is 2.31. The second-order valence-electron chi connectivity index (χ2n) is 7.19. The minimum atomic E-state index is -0.475. The Hall–Kier alpha value is -2.04. The van der Waals surface area contributed by atoms with Gasteiger partial charge in [-0.05, 0) is 71.1 Å². The number of pyridine rings is 1. The number of nitrogens with one attached hydrogen (secondary N) is 1. The minimum absolute atomic E-state index is 0.0979. The van der Waals surface area contributed by atoms with E-state index in [4.69, 9.17) is 10.5 Å². The van der Waals surface area contributed by atoms with Crippen LogP contribution in [0.1, 0.15) is 57.0 Å². The van der Waals surface area contributed by atoms with Crippen LogP contribution in [0.4, 0.5) is 10.5 Å². The highest BCUT2D eigenvalue weighted by molar-refractivity contribution is 5.75. The Morgan fingerprint density at radius 2 is 2.09 bits per heavy atom. The van der Waals surface area contributed by atoms with Crippen LogP contribution in [0.25, 0.3) is 5.57 Å². The second kappa shape index (κ2) is 6.60. The lowest BCUT2D eigenvalue weighted by atomic mass is 9.92. The monoisotopic (exact) mass is 317 g/mol.